The lowest BCUT2D eigenvalue weighted by atomic mass is 9.94. The number of aliphatic hydroxyl groups is 1. The highest BCUT2D eigenvalue weighted by molar-refractivity contribution is 5.85. The van der Waals surface area contributed by atoms with Crippen molar-refractivity contribution in [3.63, 3.8) is 0 Å². The third-order valence-corrected chi connectivity index (χ3v) is 3.10. The molecule has 1 aromatic carbocycles. The fourth-order valence-electron chi connectivity index (χ4n) is 1.96. The van der Waals surface area contributed by atoms with Crippen LogP contribution in [0.2, 0.25) is 0 Å². The zero-order valence-corrected chi connectivity index (χ0v) is 10.3. The van der Waals surface area contributed by atoms with Crippen molar-refractivity contribution in [1.29, 1.82) is 0 Å². The predicted molar refractivity (Wildman–Crippen MR) is 64.4 cm³/mol. The predicted octanol–water partition coefficient (Wildman–Crippen LogP) is 2.90. The number of rotatable bonds is 3. The smallest absolute Gasteiger partial charge is 0.391 e. The molecule has 0 heterocycles. The molecule has 1 fully saturated rings. The summed E-state index contributed by atoms with van der Waals surface area (Å²) in [5.74, 6) is 0.0475. The van der Waals surface area contributed by atoms with Crippen molar-refractivity contribution < 1.29 is 18.3 Å². The summed E-state index contributed by atoms with van der Waals surface area (Å²) < 4.78 is 38.3. The van der Waals surface area contributed by atoms with Crippen LogP contribution in [-0.4, -0.2) is 11.2 Å². The maximum Gasteiger partial charge on any atom is 0.416 e. The lowest BCUT2D eigenvalue weighted by Gasteiger charge is -2.22. The van der Waals surface area contributed by atoms with Gasteiger partial charge in [0.05, 0.1) is 17.7 Å². The van der Waals surface area contributed by atoms with Crippen LogP contribution < -0.4 is 5.73 Å². The molecule has 1 aliphatic rings. The summed E-state index contributed by atoms with van der Waals surface area (Å²) in [6.45, 7) is 0. The molecule has 1 aliphatic carbocycles. The molecular formula is C12H15ClF3NO. The number of hydrogen-bond acceptors (Lipinski definition) is 2. The van der Waals surface area contributed by atoms with Gasteiger partial charge in [-0.1, -0.05) is 18.2 Å². The summed E-state index contributed by atoms with van der Waals surface area (Å²) in [5, 5.41) is 9.81. The molecule has 0 amide bonds. The molecule has 0 aliphatic heterocycles. The Morgan fingerprint density at radius 1 is 1.22 bits per heavy atom. The van der Waals surface area contributed by atoms with E-state index in [0.717, 1.165) is 18.9 Å². The van der Waals surface area contributed by atoms with E-state index in [1.165, 1.54) is 18.2 Å². The van der Waals surface area contributed by atoms with E-state index in [9.17, 15) is 18.3 Å². The lowest BCUT2D eigenvalue weighted by Crippen LogP contribution is -2.30. The average molecular weight is 282 g/mol. The van der Waals surface area contributed by atoms with Crippen molar-refractivity contribution in [3.05, 3.63) is 35.4 Å². The van der Waals surface area contributed by atoms with Gasteiger partial charge in [-0.25, -0.2) is 0 Å². The van der Waals surface area contributed by atoms with E-state index in [2.05, 4.69) is 0 Å². The first kappa shape index (κ1) is 15.3. The molecule has 6 heteroatoms. The van der Waals surface area contributed by atoms with Gasteiger partial charge in [0, 0.05) is 0 Å². The molecule has 0 unspecified atom stereocenters. The van der Waals surface area contributed by atoms with E-state index in [4.69, 9.17) is 5.73 Å². The number of benzene rings is 1. The van der Waals surface area contributed by atoms with Crippen LogP contribution in [0.5, 0.6) is 0 Å². The van der Waals surface area contributed by atoms with Crippen molar-refractivity contribution >= 4 is 12.4 Å². The Balaban J connectivity index is 0.00000162. The molecule has 2 rings (SSSR count). The van der Waals surface area contributed by atoms with Gasteiger partial charge in [-0.2, -0.15) is 13.2 Å². The first-order valence-corrected chi connectivity index (χ1v) is 5.51. The molecule has 1 saturated carbocycles. The maximum atomic E-state index is 12.8. The third kappa shape index (κ3) is 3.16. The molecule has 0 bridgehead atoms. The number of aliphatic hydroxyl groups excluding tert-OH is 1. The normalized spacial score (nSPS) is 18.9. The summed E-state index contributed by atoms with van der Waals surface area (Å²) in [6, 6.07) is 4.18. The van der Waals surface area contributed by atoms with Crippen LogP contribution in [0.3, 0.4) is 0 Å². The van der Waals surface area contributed by atoms with Crippen molar-refractivity contribution in [2.24, 2.45) is 11.7 Å². The zero-order valence-electron chi connectivity index (χ0n) is 9.52. The molecule has 18 heavy (non-hydrogen) atoms. The van der Waals surface area contributed by atoms with Gasteiger partial charge in [-0.15, -0.1) is 12.4 Å². The van der Waals surface area contributed by atoms with Gasteiger partial charge in [0.25, 0.3) is 0 Å². The van der Waals surface area contributed by atoms with E-state index in [1.54, 1.807) is 0 Å². The second-order valence-corrected chi connectivity index (χ2v) is 4.44. The lowest BCUT2D eigenvalue weighted by molar-refractivity contribution is -0.138. The summed E-state index contributed by atoms with van der Waals surface area (Å²) in [4.78, 5) is 0. The summed E-state index contributed by atoms with van der Waals surface area (Å²) in [5.41, 5.74) is 4.94. The monoisotopic (exact) mass is 281 g/mol. The van der Waals surface area contributed by atoms with E-state index < -0.39 is 23.9 Å². The summed E-state index contributed by atoms with van der Waals surface area (Å²) >= 11 is 0. The Hall–Kier alpha value is -0.780. The number of nitrogens with two attached hydrogens (primary N) is 1. The van der Waals surface area contributed by atoms with Gasteiger partial charge in [0.15, 0.2) is 0 Å². The van der Waals surface area contributed by atoms with E-state index in [-0.39, 0.29) is 23.9 Å². The summed E-state index contributed by atoms with van der Waals surface area (Å²) in [7, 11) is 0. The fraction of sp³-hybridized carbons (Fsp3) is 0.500. The van der Waals surface area contributed by atoms with E-state index in [1.807, 2.05) is 0 Å². The highest BCUT2D eigenvalue weighted by Gasteiger charge is 2.39. The molecule has 1 aromatic rings. The highest BCUT2D eigenvalue weighted by Crippen LogP contribution is 2.40. The number of halogens is 4. The van der Waals surface area contributed by atoms with Gasteiger partial charge in [-0.05, 0) is 30.4 Å². The Morgan fingerprint density at radius 2 is 1.78 bits per heavy atom. The van der Waals surface area contributed by atoms with E-state index in [0.29, 0.717) is 0 Å². The molecule has 0 aromatic heterocycles. The molecule has 0 spiro atoms. The Bertz CT molecular complexity index is 407. The molecule has 102 valence electrons. The largest absolute Gasteiger partial charge is 0.416 e. The van der Waals surface area contributed by atoms with Crippen molar-refractivity contribution in [2.45, 2.75) is 31.2 Å². The second-order valence-electron chi connectivity index (χ2n) is 4.44. The standard InChI is InChI=1S/C12H14F3NO.ClH/c13-12(14,15)9-4-2-1-3-8(9)10(16)11(17)7-5-6-7;/h1-4,7,10-11,17H,5-6,16H2;1H/t10-,11+;/m1./s1. The SMILES string of the molecule is Cl.N[C@H](c1ccccc1C(F)(F)F)[C@@H](O)C1CC1. The third-order valence-electron chi connectivity index (χ3n) is 3.10. The van der Waals surface area contributed by atoms with Gasteiger partial charge < -0.3 is 10.8 Å². The molecule has 0 radical (unpaired) electrons. The van der Waals surface area contributed by atoms with Crippen molar-refractivity contribution in [1.82, 2.24) is 0 Å². The van der Waals surface area contributed by atoms with Gasteiger partial charge in [0.1, 0.15) is 0 Å². The molecule has 2 nitrogen and oxygen atoms in total. The fourth-order valence-corrected chi connectivity index (χ4v) is 1.96. The van der Waals surface area contributed by atoms with Gasteiger partial charge >= 0.3 is 6.18 Å². The van der Waals surface area contributed by atoms with Gasteiger partial charge in [-0.3, -0.25) is 0 Å². The Kier molecular flexibility index (Phi) is 4.64. The average Bonchev–Trinajstić information content (AvgIpc) is 3.10. The number of hydrogen-bond donors (Lipinski definition) is 2. The van der Waals surface area contributed by atoms with Crippen LogP contribution in [0.25, 0.3) is 0 Å². The van der Waals surface area contributed by atoms with Crippen LogP contribution in [0, 0.1) is 5.92 Å². The first-order valence-electron chi connectivity index (χ1n) is 5.51. The topological polar surface area (TPSA) is 46.2 Å². The van der Waals surface area contributed by atoms with Crippen molar-refractivity contribution in [3.8, 4) is 0 Å². The quantitative estimate of drug-likeness (QED) is 0.895. The maximum absolute atomic E-state index is 12.8. The van der Waals surface area contributed by atoms with Crippen LogP contribution in [0.1, 0.15) is 30.0 Å². The first-order chi connectivity index (χ1) is 7.91. The highest BCUT2D eigenvalue weighted by atomic mass is 35.5. The second kappa shape index (κ2) is 5.47. The summed E-state index contributed by atoms with van der Waals surface area (Å²) in [6.07, 6.45) is -3.65. The zero-order chi connectivity index (χ0) is 12.6. The molecule has 2 atom stereocenters. The molecule has 3 N–H and O–H groups in total. The Labute approximate surface area is 109 Å². The minimum atomic E-state index is -4.43. The van der Waals surface area contributed by atoms with Gasteiger partial charge in [0.2, 0.25) is 0 Å². The molecule has 0 saturated heterocycles. The van der Waals surface area contributed by atoms with Crippen LogP contribution in [-0.2, 0) is 6.18 Å². The molecular weight excluding hydrogens is 267 g/mol. The van der Waals surface area contributed by atoms with Crippen LogP contribution in [0.15, 0.2) is 24.3 Å². The Morgan fingerprint density at radius 3 is 2.28 bits per heavy atom. The minimum Gasteiger partial charge on any atom is -0.391 e. The number of alkyl halides is 3. The van der Waals surface area contributed by atoms with E-state index >= 15 is 0 Å². The van der Waals surface area contributed by atoms with Crippen LogP contribution >= 0.6 is 12.4 Å². The minimum absolute atomic E-state index is 0. The van der Waals surface area contributed by atoms with Crippen molar-refractivity contribution in [2.75, 3.05) is 0 Å². The van der Waals surface area contributed by atoms with Crippen LogP contribution in [0.4, 0.5) is 13.2 Å².